The van der Waals surface area contributed by atoms with E-state index < -0.39 is 28.0 Å². The predicted octanol–water partition coefficient (Wildman–Crippen LogP) is 3.10. The Hall–Kier alpha value is -3.36. The van der Waals surface area contributed by atoms with E-state index in [0.29, 0.717) is 18.5 Å². The van der Waals surface area contributed by atoms with E-state index in [9.17, 15) is 23.7 Å². The smallest absolute Gasteiger partial charge is 0.293 e. The first kappa shape index (κ1) is 17.1. The summed E-state index contributed by atoms with van der Waals surface area (Å²) >= 11 is 0. The molecule has 9 heteroatoms. The van der Waals surface area contributed by atoms with Gasteiger partial charge in [0, 0.05) is 30.6 Å². The fraction of sp³-hybridized carbons (Fsp3) is 0.222. The largest absolute Gasteiger partial charge is 0.365 e. The van der Waals surface area contributed by atoms with E-state index in [-0.39, 0.29) is 28.9 Å². The summed E-state index contributed by atoms with van der Waals surface area (Å²) in [7, 11) is 0. The third kappa shape index (κ3) is 2.90. The highest BCUT2D eigenvalue weighted by atomic mass is 19.1. The number of benzene rings is 2. The number of halogens is 2. The van der Waals surface area contributed by atoms with Crippen LogP contribution in [-0.4, -0.2) is 28.0 Å². The molecule has 0 bridgehead atoms. The quantitative estimate of drug-likeness (QED) is 0.563. The number of nitro benzene ring substituents is 1. The number of hydrogen-bond donors (Lipinski definition) is 1. The highest BCUT2D eigenvalue weighted by Crippen LogP contribution is 2.38. The summed E-state index contributed by atoms with van der Waals surface area (Å²) in [5.41, 5.74) is -0.110. The topological polar surface area (TPSA) is 92.1 Å². The van der Waals surface area contributed by atoms with E-state index >= 15 is 0 Å². The predicted molar refractivity (Wildman–Crippen MR) is 94.9 cm³/mol. The fourth-order valence-corrected chi connectivity index (χ4v) is 3.61. The molecule has 138 valence electrons. The third-order valence-corrected chi connectivity index (χ3v) is 4.87. The minimum Gasteiger partial charge on any atom is -0.365 e. The van der Waals surface area contributed by atoms with Crippen molar-refractivity contribution in [3.05, 3.63) is 74.3 Å². The molecule has 0 spiro atoms. The summed E-state index contributed by atoms with van der Waals surface area (Å²) < 4.78 is 28.2. The highest BCUT2D eigenvalue weighted by Gasteiger charge is 2.32. The number of aromatic nitrogens is 2. The summed E-state index contributed by atoms with van der Waals surface area (Å²) in [5, 5.41) is 11.6. The van der Waals surface area contributed by atoms with E-state index in [1.54, 1.807) is 4.90 Å². The zero-order valence-electron chi connectivity index (χ0n) is 14.0. The first-order valence-corrected chi connectivity index (χ1v) is 8.30. The third-order valence-electron chi connectivity index (χ3n) is 4.87. The van der Waals surface area contributed by atoms with E-state index in [4.69, 9.17) is 0 Å². The molecule has 1 atom stereocenters. The maximum atomic E-state index is 14.1. The molecule has 1 aliphatic rings. The minimum absolute atomic E-state index is 0.00184. The summed E-state index contributed by atoms with van der Waals surface area (Å²) in [4.78, 5) is 31.0. The Morgan fingerprint density at radius 2 is 2.00 bits per heavy atom. The maximum Gasteiger partial charge on any atom is 0.293 e. The lowest BCUT2D eigenvalue weighted by molar-refractivity contribution is -0.384. The van der Waals surface area contributed by atoms with Gasteiger partial charge in [-0.15, -0.1) is 0 Å². The number of nitrogens with zero attached hydrogens (tertiary/aromatic N) is 3. The van der Waals surface area contributed by atoms with Gasteiger partial charge in [0.15, 0.2) is 0 Å². The average Bonchev–Trinajstić information content (AvgIpc) is 3.10. The van der Waals surface area contributed by atoms with Gasteiger partial charge in [-0.05, 0) is 24.6 Å². The molecule has 1 saturated heterocycles. The van der Waals surface area contributed by atoms with Crippen LogP contribution in [0, 0.1) is 21.7 Å². The van der Waals surface area contributed by atoms with Crippen molar-refractivity contribution in [1.29, 1.82) is 0 Å². The molecular weight excluding hydrogens is 358 g/mol. The van der Waals surface area contributed by atoms with Gasteiger partial charge in [-0.2, -0.15) is 0 Å². The molecule has 1 unspecified atom stereocenters. The molecule has 4 rings (SSSR count). The van der Waals surface area contributed by atoms with Crippen LogP contribution in [0.25, 0.3) is 10.9 Å². The van der Waals surface area contributed by atoms with Gasteiger partial charge in [0.25, 0.3) is 11.2 Å². The molecule has 2 aromatic carbocycles. The second-order valence-electron chi connectivity index (χ2n) is 6.41. The number of anilines is 1. The van der Waals surface area contributed by atoms with Crippen molar-refractivity contribution in [2.24, 2.45) is 0 Å². The molecule has 1 aromatic heterocycles. The lowest BCUT2D eigenvalue weighted by Gasteiger charge is -2.19. The van der Waals surface area contributed by atoms with Gasteiger partial charge in [-0.3, -0.25) is 14.9 Å². The zero-order valence-corrected chi connectivity index (χ0v) is 14.0. The normalized spacial score (nSPS) is 16.8. The van der Waals surface area contributed by atoms with Gasteiger partial charge in [0.1, 0.15) is 17.3 Å². The molecule has 2 heterocycles. The van der Waals surface area contributed by atoms with Crippen LogP contribution >= 0.6 is 0 Å². The van der Waals surface area contributed by atoms with Gasteiger partial charge >= 0.3 is 0 Å². The summed E-state index contributed by atoms with van der Waals surface area (Å²) in [5.74, 6) is -1.67. The number of H-pyrrole nitrogens is 1. The Morgan fingerprint density at radius 3 is 2.70 bits per heavy atom. The Balaban J connectivity index is 1.76. The molecular formula is C18H14F2N4O3. The molecule has 1 aliphatic heterocycles. The Bertz CT molecular complexity index is 1100. The number of nitro groups is 1. The highest BCUT2D eigenvalue weighted by molar-refractivity contribution is 5.87. The molecule has 1 fully saturated rings. The van der Waals surface area contributed by atoms with Crippen LogP contribution in [0.15, 0.2) is 41.5 Å². The van der Waals surface area contributed by atoms with Gasteiger partial charge in [-0.1, -0.05) is 6.07 Å². The van der Waals surface area contributed by atoms with Crippen molar-refractivity contribution >= 4 is 22.3 Å². The first-order valence-electron chi connectivity index (χ1n) is 8.30. The van der Waals surface area contributed by atoms with Crippen LogP contribution in [-0.2, 0) is 0 Å². The van der Waals surface area contributed by atoms with Crippen molar-refractivity contribution in [3.8, 4) is 0 Å². The summed E-state index contributed by atoms with van der Waals surface area (Å²) in [6, 6.07) is 6.38. The van der Waals surface area contributed by atoms with E-state index in [1.807, 2.05) is 0 Å². The van der Waals surface area contributed by atoms with Gasteiger partial charge in [0.05, 0.1) is 22.2 Å². The van der Waals surface area contributed by atoms with Crippen molar-refractivity contribution in [1.82, 2.24) is 9.97 Å². The molecule has 3 aromatic rings. The monoisotopic (exact) mass is 372 g/mol. The van der Waals surface area contributed by atoms with Crippen molar-refractivity contribution in [3.63, 3.8) is 0 Å². The number of rotatable bonds is 3. The van der Waals surface area contributed by atoms with Crippen LogP contribution in [0.1, 0.15) is 17.9 Å². The van der Waals surface area contributed by atoms with Crippen molar-refractivity contribution < 1.29 is 13.7 Å². The molecule has 0 aliphatic carbocycles. The van der Waals surface area contributed by atoms with Crippen LogP contribution in [0.3, 0.4) is 0 Å². The van der Waals surface area contributed by atoms with Gasteiger partial charge < -0.3 is 9.88 Å². The standard InChI is InChI=1S/C18H14F2N4O3/c19-12-2-1-3-13(20)17(12)10-4-5-23(8-10)15-7-14-11(6-16(15)24(26)27)18(25)22-9-21-14/h1-3,6-7,9-10H,4-5,8H2,(H,21,22,25). The Morgan fingerprint density at radius 1 is 1.26 bits per heavy atom. The summed E-state index contributed by atoms with van der Waals surface area (Å²) in [6.45, 7) is 0.626. The van der Waals surface area contributed by atoms with Gasteiger partial charge in [-0.25, -0.2) is 13.8 Å². The molecule has 0 amide bonds. The van der Waals surface area contributed by atoms with E-state index in [1.165, 1.54) is 36.7 Å². The molecule has 0 radical (unpaired) electrons. The second-order valence-corrected chi connectivity index (χ2v) is 6.41. The fourth-order valence-electron chi connectivity index (χ4n) is 3.61. The number of nitrogens with one attached hydrogen (secondary N) is 1. The van der Waals surface area contributed by atoms with Crippen LogP contribution in [0.4, 0.5) is 20.2 Å². The lowest BCUT2D eigenvalue weighted by atomic mass is 9.97. The minimum atomic E-state index is -0.622. The SMILES string of the molecule is O=c1[nH]cnc2cc(N3CCC(c4c(F)cccc4F)C3)c([N+](=O)[O-])cc12. The van der Waals surface area contributed by atoms with Crippen molar-refractivity contribution in [2.75, 3.05) is 18.0 Å². The number of fused-ring (bicyclic) bond motifs is 1. The van der Waals surface area contributed by atoms with E-state index in [0.717, 1.165) is 0 Å². The average molecular weight is 372 g/mol. The summed E-state index contributed by atoms with van der Waals surface area (Å²) in [6.07, 6.45) is 1.68. The molecule has 7 nitrogen and oxygen atoms in total. The van der Waals surface area contributed by atoms with E-state index in [2.05, 4.69) is 9.97 Å². The number of hydrogen-bond acceptors (Lipinski definition) is 5. The Kier molecular flexibility index (Phi) is 4.06. The van der Waals surface area contributed by atoms with Crippen LogP contribution in [0.2, 0.25) is 0 Å². The van der Waals surface area contributed by atoms with Crippen LogP contribution in [0.5, 0.6) is 0 Å². The second kappa shape index (κ2) is 6.42. The van der Waals surface area contributed by atoms with Crippen molar-refractivity contribution in [2.45, 2.75) is 12.3 Å². The number of aromatic amines is 1. The first-order chi connectivity index (χ1) is 13.0. The lowest BCUT2D eigenvalue weighted by Crippen LogP contribution is -2.21. The maximum absolute atomic E-state index is 14.1. The molecule has 0 saturated carbocycles. The van der Waals surface area contributed by atoms with Gasteiger partial charge in [0.2, 0.25) is 0 Å². The molecule has 1 N–H and O–H groups in total. The zero-order chi connectivity index (χ0) is 19.1. The Labute approximate surface area is 151 Å². The molecule has 27 heavy (non-hydrogen) atoms. The van der Waals surface area contributed by atoms with Crippen LogP contribution < -0.4 is 10.5 Å².